The summed E-state index contributed by atoms with van der Waals surface area (Å²) in [6.45, 7) is 3.41. The molecule has 4 rings (SSSR count). The summed E-state index contributed by atoms with van der Waals surface area (Å²) >= 11 is 1.68. The van der Waals surface area contributed by atoms with Crippen LogP contribution in [0.2, 0.25) is 0 Å². The van der Waals surface area contributed by atoms with Gasteiger partial charge in [0.2, 0.25) is 5.96 Å². The number of likely N-dealkylation sites (tertiary alicyclic amines) is 1. The van der Waals surface area contributed by atoms with E-state index < -0.39 is 5.54 Å². The lowest BCUT2D eigenvalue weighted by Crippen LogP contribution is -2.50. The number of guanidine groups is 1. The van der Waals surface area contributed by atoms with Crippen molar-refractivity contribution in [3.63, 3.8) is 0 Å². The van der Waals surface area contributed by atoms with Gasteiger partial charge in [-0.25, -0.2) is 4.99 Å². The van der Waals surface area contributed by atoms with Gasteiger partial charge in [-0.05, 0) is 49.7 Å². The first-order valence-electron chi connectivity index (χ1n) is 10.4. The molecule has 28 heavy (non-hydrogen) atoms. The molecular formula is C21H30N4O2S. The number of piperidine rings is 1. The second-order valence-corrected chi connectivity index (χ2v) is 9.70. The molecule has 1 aliphatic carbocycles. The molecule has 0 bridgehead atoms. The second-order valence-electron chi connectivity index (χ2n) is 8.56. The summed E-state index contributed by atoms with van der Waals surface area (Å²) in [6, 6.07) is 2.14. The van der Waals surface area contributed by atoms with Crippen molar-refractivity contribution in [1.29, 1.82) is 0 Å². The Labute approximate surface area is 171 Å². The number of amides is 2. The first kappa shape index (κ1) is 19.4. The SMILES string of the molecule is CCC[C@@H]1CCc2sc(C(=O)N3CCC4(CC3)N=C(N(C)C)NC4=O)cc2C1. The van der Waals surface area contributed by atoms with Gasteiger partial charge in [-0.1, -0.05) is 19.8 Å². The van der Waals surface area contributed by atoms with Gasteiger partial charge < -0.3 is 9.80 Å². The number of aliphatic imine (C=N–C) groups is 1. The molecule has 3 aliphatic rings. The highest BCUT2D eigenvalue weighted by Crippen LogP contribution is 2.36. The fourth-order valence-electron chi connectivity index (χ4n) is 4.64. The van der Waals surface area contributed by atoms with E-state index >= 15 is 0 Å². The summed E-state index contributed by atoms with van der Waals surface area (Å²) in [6.07, 6.45) is 7.18. The van der Waals surface area contributed by atoms with Gasteiger partial charge in [-0.15, -0.1) is 11.3 Å². The molecule has 0 unspecified atom stereocenters. The standard InChI is InChI=1S/C21H30N4O2S/c1-4-5-14-6-7-16-15(12-14)13-17(28-16)18(26)25-10-8-21(9-11-25)19(27)22-20(23-21)24(2)3/h13-14H,4-12H2,1-3H3,(H,22,23,27)/t14-/m1/s1. The molecule has 2 aliphatic heterocycles. The first-order valence-corrected chi connectivity index (χ1v) is 11.2. The fourth-order valence-corrected chi connectivity index (χ4v) is 5.82. The molecule has 0 radical (unpaired) electrons. The molecule has 1 aromatic rings. The molecule has 1 saturated heterocycles. The van der Waals surface area contributed by atoms with Gasteiger partial charge in [0.25, 0.3) is 11.8 Å². The van der Waals surface area contributed by atoms with Gasteiger partial charge in [-0.3, -0.25) is 14.9 Å². The zero-order valence-electron chi connectivity index (χ0n) is 17.1. The van der Waals surface area contributed by atoms with E-state index in [0.29, 0.717) is 31.9 Å². The minimum absolute atomic E-state index is 0.0307. The van der Waals surface area contributed by atoms with Crippen LogP contribution in [-0.4, -0.2) is 60.3 Å². The number of rotatable bonds is 3. The van der Waals surface area contributed by atoms with Crippen molar-refractivity contribution in [1.82, 2.24) is 15.1 Å². The van der Waals surface area contributed by atoms with Crippen molar-refractivity contribution in [3.05, 3.63) is 21.4 Å². The zero-order chi connectivity index (χ0) is 19.9. The third-order valence-electron chi connectivity index (χ3n) is 6.36. The largest absolute Gasteiger partial charge is 0.349 e. The molecule has 2 amide bonds. The Morgan fingerprint density at radius 1 is 1.39 bits per heavy atom. The van der Waals surface area contributed by atoms with Gasteiger partial charge in [-0.2, -0.15) is 0 Å². The fraction of sp³-hybridized carbons (Fsp3) is 0.667. The number of hydrogen-bond donors (Lipinski definition) is 1. The van der Waals surface area contributed by atoms with Crippen LogP contribution in [0.3, 0.4) is 0 Å². The Morgan fingerprint density at radius 2 is 2.14 bits per heavy atom. The van der Waals surface area contributed by atoms with Crippen molar-refractivity contribution in [2.45, 2.75) is 57.4 Å². The van der Waals surface area contributed by atoms with E-state index in [4.69, 9.17) is 0 Å². The van der Waals surface area contributed by atoms with E-state index in [0.717, 1.165) is 23.6 Å². The first-order chi connectivity index (χ1) is 13.4. The number of fused-ring (bicyclic) bond motifs is 1. The lowest BCUT2D eigenvalue weighted by atomic mass is 9.85. The average molecular weight is 403 g/mol. The molecule has 1 fully saturated rings. The molecule has 3 heterocycles. The Morgan fingerprint density at radius 3 is 2.79 bits per heavy atom. The third kappa shape index (κ3) is 3.45. The molecule has 0 saturated carbocycles. The van der Waals surface area contributed by atoms with Crippen molar-refractivity contribution < 1.29 is 9.59 Å². The van der Waals surface area contributed by atoms with Crippen LogP contribution in [0, 0.1) is 5.92 Å². The van der Waals surface area contributed by atoms with E-state index in [9.17, 15) is 9.59 Å². The maximum Gasteiger partial charge on any atom is 0.263 e. The molecule has 152 valence electrons. The smallest absolute Gasteiger partial charge is 0.263 e. The van der Waals surface area contributed by atoms with Crippen LogP contribution >= 0.6 is 11.3 Å². The van der Waals surface area contributed by atoms with Crippen LogP contribution in [0.15, 0.2) is 11.1 Å². The molecule has 1 atom stereocenters. The van der Waals surface area contributed by atoms with Gasteiger partial charge in [0.1, 0.15) is 5.54 Å². The monoisotopic (exact) mass is 402 g/mol. The van der Waals surface area contributed by atoms with Crippen LogP contribution in [-0.2, 0) is 17.6 Å². The lowest BCUT2D eigenvalue weighted by molar-refractivity contribution is -0.125. The van der Waals surface area contributed by atoms with E-state index in [1.165, 1.54) is 29.7 Å². The van der Waals surface area contributed by atoms with Crippen molar-refractivity contribution in [2.75, 3.05) is 27.2 Å². The molecule has 1 N–H and O–H groups in total. The predicted molar refractivity (Wildman–Crippen MR) is 112 cm³/mol. The van der Waals surface area contributed by atoms with E-state index in [1.807, 2.05) is 23.9 Å². The zero-order valence-corrected chi connectivity index (χ0v) is 17.9. The van der Waals surface area contributed by atoms with Crippen molar-refractivity contribution in [2.24, 2.45) is 10.9 Å². The van der Waals surface area contributed by atoms with Crippen molar-refractivity contribution in [3.8, 4) is 0 Å². The highest BCUT2D eigenvalue weighted by Gasteiger charge is 2.47. The summed E-state index contributed by atoms with van der Waals surface area (Å²) in [5.74, 6) is 1.49. The Balaban J connectivity index is 1.42. The van der Waals surface area contributed by atoms with Crippen LogP contribution in [0.1, 0.15) is 59.1 Å². The van der Waals surface area contributed by atoms with Crippen LogP contribution in [0.4, 0.5) is 0 Å². The molecule has 1 aromatic heterocycles. The minimum atomic E-state index is -0.696. The van der Waals surface area contributed by atoms with Crippen LogP contribution in [0.25, 0.3) is 0 Å². The number of thiophene rings is 1. The average Bonchev–Trinajstić information content (AvgIpc) is 3.24. The lowest BCUT2D eigenvalue weighted by Gasteiger charge is -2.35. The van der Waals surface area contributed by atoms with E-state index in [1.54, 1.807) is 11.3 Å². The third-order valence-corrected chi connectivity index (χ3v) is 7.59. The number of carbonyl (C=O) groups is 2. The normalized spacial score (nSPS) is 23.4. The van der Waals surface area contributed by atoms with E-state index in [2.05, 4.69) is 23.3 Å². The maximum absolute atomic E-state index is 13.1. The molecule has 1 spiro atoms. The molecule has 7 heteroatoms. The van der Waals surface area contributed by atoms with Gasteiger partial charge in [0, 0.05) is 32.1 Å². The highest BCUT2D eigenvalue weighted by atomic mass is 32.1. The number of aryl methyl sites for hydroxylation is 1. The predicted octanol–water partition coefficient (Wildman–Crippen LogP) is 2.68. The van der Waals surface area contributed by atoms with Gasteiger partial charge in [0.15, 0.2) is 0 Å². The van der Waals surface area contributed by atoms with Gasteiger partial charge in [0.05, 0.1) is 4.88 Å². The molecule has 0 aromatic carbocycles. The van der Waals surface area contributed by atoms with Crippen LogP contribution in [0.5, 0.6) is 0 Å². The minimum Gasteiger partial charge on any atom is -0.349 e. The summed E-state index contributed by atoms with van der Waals surface area (Å²) in [4.78, 5) is 36.2. The Kier molecular flexibility index (Phi) is 5.21. The number of hydrogen-bond acceptors (Lipinski definition) is 5. The highest BCUT2D eigenvalue weighted by molar-refractivity contribution is 7.14. The van der Waals surface area contributed by atoms with Crippen molar-refractivity contribution >= 4 is 29.1 Å². The van der Waals surface area contributed by atoms with Crippen LogP contribution < -0.4 is 5.32 Å². The van der Waals surface area contributed by atoms with Gasteiger partial charge >= 0.3 is 0 Å². The van der Waals surface area contributed by atoms with E-state index in [-0.39, 0.29) is 11.8 Å². The topological polar surface area (TPSA) is 65.0 Å². The Bertz CT molecular complexity index is 805. The molecule has 6 nitrogen and oxygen atoms in total. The summed E-state index contributed by atoms with van der Waals surface area (Å²) in [7, 11) is 3.75. The summed E-state index contributed by atoms with van der Waals surface area (Å²) in [5, 5.41) is 2.87. The summed E-state index contributed by atoms with van der Waals surface area (Å²) < 4.78 is 0. The Hall–Kier alpha value is -1.89. The summed E-state index contributed by atoms with van der Waals surface area (Å²) in [5.41, 5.74) is 0.695. The maximum atomic E-state index is 13.1. The number of carbonyl (C=O) groups excluding carboxylic acids is 2. The quantitative estimate of drug-likeness (QED) is 0.845. The second kappa shape index (κ2) is 7.50. The molecular weight excluding hydrogens is 372 g/mol. The number of nitrogens with one attached hydrogen (secondary N) is 1. The number of nitrogens with zero attached hydrogens (tertiary/aromatic N) is 3.